The minimum atomic E-state index is -0.963. The summed E-state index contributed by atoms with van der Waals surface area (Å²) in [6.45, 7) is 6.82. The monoisotopic (exact) mass is 580 g/mol. The van der Waals surface area contributed by atoms with Crippen molar-refractivity contribution in [1.82, 2.24) is 25.3 Å². The highest BCUT2D eigenvalue weighted by atomic mass is 19.1. The van der Waals surface area contributed by atoms with Crippen molar-refractivity contribution < 1.29 is 23.5 Å². The number of nitriles is 1. The number of likely N-dealkylation sites (tertiary alicyclic amines) is 1. The molecule has 4 aliphatic heterocycles. The first-order chi connectivity index (χ1) is 20.3. The molecule has 1 aromatic rings. The molecule has 1 aliphatic carbocycles. The van der Waals surface area contributed by atoms with Crippen molar-refractivity contribution in [3.05, 3.63) is 42.2 Å². The quantitative estimate of drug-likeness (QED) is 0.487. The fourth-order valence-electron chi connectivity index (χ4n) is 7.68. The van der Waals surface area contributed by atoms with Crippen LogP contribution in [-0.2, 0) is 20.7 Å². The first kappa shape index (κ1) is 29.2. The van der Waals surface area contributed by atoms with Gasteiger partial charge in [0.1, 0.15) is 11.6 Å². The van der Waals surface area contributed by atoms with Crippen molar-refractivity contribution in [3.8, 4) is 11.8 Å². The van der Waals surface area contributed by atoms with Crippen LogP contribution in [0, 0.1) is 23.1 Å². The van der Waals surface area contributed by atoms with E-state index in [1.165, 1.54) is 18.2 Å². The van der Waals surface area contributed by atoms with Gasteiger partial charge in [-0.15, -0.1) is 0 Å². The molecule has 10 nitrogen and oxygen atoms in total. The molecule has 1 saturated carbocycles. The largest absolute Gasteiger partial charge is 0.479 e. The van der Waals surface area contributed by atoms with Crippen LogP contribution in [0.5, 0.6) is 5.75 Å². The number of ketones is 1. The van der Waals surface area contributed by atoms with Crippen LogP contribution in [0.15, 0.2) is 30.9 Å². The van der Waals surface area contributed by atoms with Gasteiger partial charge in [-0.2, -0.15) is 5.26 Å². The first-order valence-electron chi connectivity index (χ1n) is 15.2. The molecule has 0 aromatic heterocycles. The molecule has 7 atom stereocenters. The Morgan fingerprint density at radius 1 is 1.26 bits per heavy atom. The number of hydrogen-bond donors (Lipinski definition) is 2. The number of nitrogens with one attached hydrogen (secondary N) is 2. The summed E-state index contributed by atoms with van der Waals surface area (Å²) in [7, 11) is 2.11. The molecular weight excluding hydrogens is 539 g/mol. The second-order valence-corrected chi connectivity index (χ2v) is 12.4. The van der Waals surface area contributed by atoms with E-state index in [-0.39, 0.29) is 42.1 Å². The molecule has 3 saturated heterocycles. The van der Waals surface area contributed by atoms with Crippen LogP contribution < -0.4 is 15.4 Å². The van der Waals surface area contributed by atoms with Gasteiger partial charge in [0.05, 0.1) is 37.3 Å². The maximum absolute atomic E-state index is 14.4. The molecule has 42 heavy (non-hydrogen) atoms. The predicted molar refractivity (Wildman–Crippen MR) is 153 cm³/mol. The standard InChI is InChI=1S/C31H41FN6O4/c1-3-26(39)38-16-15-37(18-22(38)10-13-33)29-24-9-12-31(11-8-20-17-21(32)6-7-25(20)42-31)28(40)27(24)34-30(35-29)41-19-23-5-4-14-36(23)2/h3,6-7,17,22-24,27,29-30,34-35H,1,4-5,8-12,14-16,18-19H2,2H3/t22?,23?,24?,27?,29?,30?,31-/m1/s1. The van der Waals surface area contributed by atoms with Gasteiger partial charge in [-0.1, -0.05) is 6.58 Å². The van der Waals surface area contributed by atoms with Gasteiger partial charge in [-0.05, 0) is 82.0 Å². The number of ether oxygens (including phenoxy) is 2. The molecule has 5 aliphatic rings. The van der Waals surface area contributed by atoms with Crippen molar-refractivity contribution in [1.29, 1.82) is 5.26 Å². The van der Waals surface area contributed by atoms with Crippen LogP contribution in [0.4, 0.5) is 4.39 Å². The summed E-state index contributed by atoms with van der Waals surface area (Å²) >= 11 is 0. The van der Waals surface area contributed by atoms with Crippen molar-refractivity contribution in [2.45, 2.75) is 81.2 Å². The molecular formula is C31H41FN6O4. The Hall–Kier alpha value is -2.88. The third-order valence-corrected chi connectivity index (χ3v) is 10.0. The van der Waals surface area contributed by atoms with Crippen LogP contribution in [0.1, 0.15) is 44.1 Å². The molecule has 226 valence electrons. The summed E-state index contributed by atoms with van der Waals surface area (Å²) in [5.41, 5.74) is -0.167. The van der Waals surface area contributed by atoms with Crippen LogP contribution in [0.25, 0.3) is 0 Å². The zero-order valence-electron chi connectivity index (χ0n) is 24.3. The Kier molecular flexibility index (Phi) is 8.35. The van der Waals surface area contributed by atoms with Crippen LogP contribution in [-0.4, -0.2) is 102 Å². The predicted octanol–water partition coefficient (Wildman–Crippen LogP) is 1.76. The third kappa shape index (κ3) is 5.47. The highest BCUT2D eigenvalue weighted by Gasteiger charge is 2.56. The Morgan fingerprint density at radius 2 is 2.12 bits per heavy atom. The lowest BCUT2D eigenvalue weighted by molar-refractivity contribution is -0.160. The van der Waals surface area contributed by atoms with E-state index in [0.29, 0.717) is 57.3 Å². The van der Waals surface area contributed by atoms with E-state index in [9.17, 15) is 19.2 Å². The summed E-state index contributed by atoms with van der Waals surface area (Å²) in [5, 5.41) is 16.7. The lowest BCUT2D eigenvalue weighted by Gasteiger charge is -2.54. The number of piperazine rings is 1. The van der Waals surface area contributed by atoms with Gasteiger partial charge >= 0.3 is 0 Å². The number of nitrogens with zero attached hydrogens (tertiary/aromatic N) is 4. The topological polar surface area (TPSA) is 110 Å². The van der Waals surface area contributed by atoms with Gasteiger partial charge in [0.25, 0.3) is 0 Å². The Balaban J connectivity index is 1.24. The van der Waals surface area contributed by atoms with Gasteiger partial charge in [-0.3, -0.25) is 25.1 Å². The molecule has 4 heterocycles. The fraction of sp³-hybridized carbons (Fsp3) is 0.645. The van der Waals surface area contributed by atoms with E-state index in [1.807, 2.05) is 0 Å². The Morgan fingerprint density at radius 3 is 2.88 bits per heavy atom. The van der Waals surface area contributed by atoms with E-state index in [4.69, 9.17) is 9.47 Å². The number of Topliss-reactive ketones (excluding diaryl/α,β-unsaturated/α-hetero) is 1. The van der Waals surface area contributed by atoms with E-state index < -0.39 is 18.0 Å². The number of benzene rings is 1. The van der Waals surface area contributed by atoms with Gasteiger partial charge in [-0.25, -0.2) is 4.39 Å². The minimum Gasteiger partial charge on any atom is -0.479 e. The zero-order chi connectivity index (χ0) is 29.4. The van der Waals surface area contributed by atoms with Crippen molar-refractivity contribution >= 4 is 11.7 Å². The summed E-state index contributed by atoms with van der Waals surface area (Å²) in [6.07, 6.45) is 5.41. The first-order valence-corrected chi connectivity index (χ1v) is 15.2. The molecule has 6 unspecified atom stereocenters. The van der Waals surface area contributed by atoms with E-state index in [2.05, 4.69) is 40.1 Å². The number of carbonyl (C=O) groups excluding carboxylic acids is 2. The van der Waals surface area contributed by atoms with Crippen molar-refractivity contribution in [2.75, 3.05) is 39.8 Å². The number of aryl methyl sites for hydroxylation is 1. The highest BCUT2D eigenvalue weighted by molar-refractivity contribution is 5.94. The number of hydrogen-bond acceptors (Lipinski definition) is 9. The van der Waals surface area contributed by atoms with Crippen LogP contribution >= 0.6 is 0 Å². The maximum Gasteiger partial charge on any atom is 0.246 e. The molecule has 2 N–H and O–H groups in total. The fourth-order valence-corrected chi connectivity index (χ4v) is 7.68. The van der Waals surface area contributed by atoms with Gasteiger partial charge in [0.2, 0.25) is 5.91 Å². The van der Waals surface area contributed by atoms with Gasteiger partial charge in [0.15, 0.2) is 17.7 Å². The van der Waals surface area contributed by atoms with Gasteiger partial charge in [0, 0.05) is 31.6 Å². The number of amides is 1. The molecule has 0 bridgehead atoms. The number of carbonyl (C=O) groups is 2. The number of rotatable bonds is 6. The minimum absolute atomic E-state index is 0.0147. The Labute approximate surface area is 246 Å². The Bertz CT molecular complexity index is 1260. The summed E-state index contributed by atoms with van der Waals surface area (Å²) in [5.74, 6) is 0.0703. The SMILES string of the molecule is C=CC(=O)N1CCN(C2NC(OCC3CCCN3C)NC3C(=O)[C@@]4(CCc5cc(F)ccc5O4)CCC32)CC1CC#N. The van der Waals surface area contributed by atoms with E-state index in [1.54, 1.807) is 11.0 Å². The second kappa shape index (κ2) is 12.0. The normalized spacial score (nSPS) is 35.3. The highest BCUT2D eigenvalue weighted by Crippen LogP contribution is 2.44. The van der Waals surface area contributed by atoms with Crippen LogP contribution in [0.2, 0.25) is 0 Å². The second-order valence-electron chi connectivity index (χ2n) is 12.4. The molecule has 1 spiro atoms. The van der Waals surface area contributed by atoms with Crippen molar-refractivity contribution in [2.24, 2.45) is 5.92 Å². The molecule has 4 fully saturated rings. The lowest BCUT2D eigenvalue weighted by atomic mass is 9.69. The maximum atomic E-state index is 14.4. The van der Waals surface area contributed by atoms with E-state index in [0.717, 1.165) is 31.4 Å². The zero-order valence-corrected chi connectivity index (χ0v) is 24.3. The molecule has 0 radical (unpaired) electrons. The number of likely N-dealkylation sites (N-methyl/N-ethyl adjacent to an activating group) is 1. The summed E-state index contributed by atoms with van der Waals surface area (Å²) < 4.78 is 26.7. The molecule has 1 amide bonds. The average molecular weight is 581 g/mol. The van der Waals surface area contributed by atoms with Gasteiger partial charge < -0.3 is 19.3 Å². The summed E-state index contributed by atoms with van der Waals surface area (Å²) in [6, 6.07) is 6.31. The van der Waals surface area contributed by atoms with Crippen LogP contribution in [0.3, 0.4) is 0 Å². The summed E-state index contributed by atoms with van der Waals surface area (Å²) in [4.78, 5) is 33.2. The molecule has 6 rings (SSSR count). The molecule has 1 aromatic carbocycles. The third-order valence-electron chi connectivity index (χ3n) is 10.0. The smallest absolute Gasteiger partial charge is 0.246 e. The number of fused-ring (bicyclic) bond motifs is 2. The lowest BCUT2D eigenvalue weighted by Crippen LogP contribution is -2.76. The number of halogens is 1. The molecule has 11 heteroatoms. The van der Waals surface area contributed by atoms with E-state index >= 15 is 0 Å². The van der Waals surface area contributed by atoms with Crippen molar-refractivity contribution in [3.63, 3.8) is 0 Å². The average Bonchev–Trinajstić information content (AvgIpc) is 3.42.